The Morgan fingerprint density at radius 3 is 2.75 bits per heavy atom. The summed E-state index contributed by atoms with van der Waals surface area (Å²) in [5, 5.41) is 12.6. The molecule has 2 nitrogen and oxygen atoms in total. The van der Waals surface area contributed by atoms with Crippen LogP contribution in [0.1, 0.15) is 39.0 Å². The van der Waals surface area contributed by atoms with E-state index in [-0.39, 0.29) is 12.1 Å². The predicted molar refractivity (Wildman–Crippen MR) is 51.1 cm³/mol. The van der Waals surface area contributed by atoms with Gasteiger partial charge >= 0.3 is 0 Å². The normalized spacial score (nSPS) is 37.8. The molecule has 0 aliphatic heterocycles. The Morgan fingerprint density at radius 2 is 2.17 bits per heavy atom. The quantitative estimate of drug-likeness (QED) is 0.618. The first-order chi connectivity index (χ1) is 5.72. The van der Waals surface area contributed by atoms with Gasteiger partial charge in [-0.15, -0.1) is 0 Å². The van der Waals surface area contributed by atoms with Crippen molar-refractivity contribution in [2.75, 3.05) is 13.7 Å². The highest BCUT2D eigenvalue weighted by Gasteiger charge is 2.29. The molecule has 0 saturated heterocycles. The van der Waals surface area contributed by atoms with Crippen LogP contribution in [0.3, 0.4) is 0 Å². The van der Waals surface area contributed by atoms with Gasteiger partial charge in [-0.1, -0.05) is 19.8 Å². The van der Waals surface area contributed by atoms with Crippen LogP contribution in [0.4, 0.5) is 0 Å². The van der Waals surface area contributed by atoms with Crippen LogP contribution in [-0.2, 0) is 0 Å². The van der Waals surface area contributed by atoms with Crippen LogP contribution < -0.4 is 5.32 Å². The monoisotopic (exact) mass is 171 g/mol. The number of likely N-dealkylation sites (N-methyl/N-ethyl adjacent to an activating group) is 1. The molecule has 0 radical (unpaired) electrons. The van der Waals surface area contributed by atoms with Crippen molar-refractivity contribution in [3.8, 4) is 0 Å². The number of aliphatic hydroxyl groups excluding tert-OH is 1. The molecule has 0 bridgehead atoms. The van der Waals surface area contributed by atoms with Crippen molar-refractivity contribution in [1.82, 2.24) is 5.32 Å². The van der Waals surface area contributed by atoms with E-state index in [2.05, 4.69) is 12.2 Å². The molecule has 1 aliphatic carbocycles. The molecule has 1 fully saturated rings. The fourth-order valence-electron chi connectivity index (χ4n) is 2.07. The van der Waals surface area contributed by atoms with Crippen molar-refractivity contribution in [2.24, 2.45) is 5.92 Å². The van der Waals surface area contributed by atoms with Gasteiger partial charge in [-0.25, -0.2) is 0 Å². The lowest BCUT2D eigenvalue weighted by atomic mass is 9.91. The number of aliphatic hydroxyl groups is 1. The Morgan fingerprint density at radius 1 is 1.42 bits per heavy atom. The van der Waals surface area contributed by atoms with Gasteiger partial charge in [0.1, 0.15) is 0 Å². The smallest absolute Gasteiger partial charge is 0.0613 e. The zero-order valence-corrected chi connectivity index (χ0v) is 8.27. The van der Waals surface area contributed by atoms with E-state index in [1.54, 1.807) is 0 Å². The van der Waals surface area contributed by atoms with E-state index in [1.807, 2.05) is 7.05 Å². The highest BCUT2D eigenvalue weighted by Crippen LogP contribution is 2.29. The highest BCUT2D eigenvalue weighted by atomic mass is 16.3. The number of rotatable bonds is 2. The van der Waals surface area contributed by atoms with Crippen LogP contribution in [0.2, 0.25) is 0 Å². The van der Waals surface area contributed by atoms with Gasteiger partial charge in [0.15, 0.2) is 0 Å². The van der Waals surface area contributed by atoms with Crippen molar-refractivity contribution in [1.29, 1.82) is 0 Å². The molecule has 1 rings (SSSR count). The molecule has 12 heavy (non-hydrogen) atoms. The summed E-state index contributed by atoms with van der Waals surface area (Å²) in [5.41, 5.74) is 0.0325. The van der Waals surface area contributed by atoms with Gasteiger partial charge in [0, 0.05) is 5.54 Å². The van der Waals surface area contributed by atoms with Crippen LogP contribution in [0.25, 0.3) is 0 Å². The van der Waals surface area contributed by atoms with Crippen molar-refractivity contribution in [2.45, 2.75) is 44.6 Å². The first kappa shape index (κ1) is 10.0. The molecule has 1 aliphatic rings. The molecule has 2 unspecified atom stereocenters. The lowest BCUT2D eigenvalue weighted by Gasteiger charge is -2.30. The third-order valence-corrected chi connectivity index (χ3v) is 3.30. The summed E-state index contributed by atoms with van der Waals surface area (Å²) in [5.74, 6) is 0.840. The summed E-state index contributed by atoms with van der Waals surface area (Å²) >= 11 is 0. The number of hydrogen-bond donors (Lipinski definition) is 2. The van der Waals surface area contributed by atoms with Crippen LogP contribution in [0.15, 0.2) is 0 Å². The average molecular weight is 171 g/mol. The van der Waals surface area contributed by atoms with Crippen LogP contribution in [0, 0.1) is 5.92 Å². The first-order valence-electron chi connectivity index (χ1n) is 5.02. The minimum absolute atomic E-state index is 0.0325. The molecule has 2 heteroatoms. The summed E-state index contributed by atoms with van der Waals surface area (Å²) in [4.78, 5) is 0. The number of hydrogen-bond acceptors (Lipinski definition) is 2. The Balaban J connectivity index is 2.52. The Labute approximate surface area is 75.4 Å². The predicted octanol–water partition coefficient (Wildman–Crippen LogP) is 1.54. The Kier molecular flexibility index (Phi) is 3.53. The zero-order chi connectivity index (χ0) is 9.03. The van der Waals surface area contributed by atoms with Crippen molar-refractivity contribution < 1.29 is 5.11 Å². The van der Waals surface area contributed by atoms with E-state index < -0.39 is 0 Å². The molecule has 0 aromatic heterocycles. The SMILES string of the molecule is CNC1(CO)CCCC(C)CC1. The van der Waals surface area contributed by atoms with Crippen molar-refractivity contribution >= 4 is 0 Å². The average Bonchev–Trinajstić information content (AvgIpc) is 2.28. The molecule has 72 valence electrons. The minimum atomic E-state index is 0.0325. The standard InChI is InChI=1S/C10H21NO/c1-9-4-3-6-10(8-12,11-2)7-5-9/h9,11-12H,3-8H2,1-2H3. The third kappa shape index (κ3) is 2.20. The molecule has 2 N–H and O–H groups in total. The van der Waals surface area contributed by atoms with Gasteiger partial charge in [0.2, 0.25) is 0 Å². The second-order valence-electron chi connectivity index (χ2n) is 4.22. The summed E-state index contributed by atoms with van der Waals surface area (Å²) in [6.07, 6.45) is 6.08. The topological polar surface area (TPSA) is 32.3 Å². The third-order valence-electron chi connectivity index (χ3n) is 3.30. The second kappa shape index (κ2) is 4.24. The molecular weight excluding hydrogens is 150 g/mol. The molecule has 0 amide bonds. The van der Waals surface area contributed by atoms with Crippen molar-refractivity contribution in [3.63, 3.8) is 0 Å². The van der Waals surface area contributed by atoms with Gasteiger partial charge < -0.3 is 10.4 Å². The van der Waals surface area contributed by atoms with E-state index in [4.69, 9.17) is 0 Å². The van der Waals surface area contributed by atoms with Gasteiger partial charge in [0.25, 0.3) is 0 Å². The maximum Gasteiger partial charge on any atom is 0.0613 e. The second-order valence-corrected chi connectivity index (χ2v) is 4.22. The first-order valence-corrected chi connectivity index (χ1v) is 5.02. The van der Waals surface area contributed by atoms with Gasteiger partial charge in [0.05, 0.1) is 6.61 Å². The van der Waals surface area contributed by atoms with E-state index in [9.17, 15) is 5.11 Å². The van der Waals surface area contributed by atoms with Crippen LogP contribution in [-0.4, -0.2) is 24.3 Å². The van der Waals surface area contributed by atoms with Crippen LogP contribution >= 0.6 is 0 Å². The number of nitrogens with one attached hydrogen (secondary N) is 1. The zero-order valence-electron chi connectivity index (χ0n) is 8.27. The molecule has 0 heterocycles. The van der Waals surface area contributed by atoms with Crippen molar-refractivity contribution in [3.05, 3.63) is 0 Å². The highest BCUT2D eigenvalue weighted by molar-refractivity contribution is 4.88. The van der Waals surface area contributed by atoms with E-state index in [0.717, 1.165) is 18.8 Å². The molecule has 0 spiro atoms. The minimum Gasteiger partial charge on any atom is -0.394 e. The molecule has 2 atom stereocenters. The molecule has 0 aromatic carbocycles. The maximum atomic E-state index is 9.29. The van der Waals surface area contributed by atoms with Gasteiger partial charge in [-0.05, 0) is 32.2 Å². The fraction of sp³-hybridized carbons (Fsp3) is 1.00. The molecule has 0 aromatic rings. The summed E-state index contributed by atoms with van der Waals surface area (Å²) in [7, 11) is 1.96. The van der Waals surface area contributed by atoms with E-state index >= 15 is 0 Å². The Hall–Kier alpha value is -0.0800. The molecule has 1 saturated carbocycles. The van der Waals surface area contributed by atoms with Crippen LogP contribution in [0.5, 0.6) is 0 Å². The van der Waals surface area contributed by atoms with Gasteiger partial charge in [-0.2, -0.15) is 0 Å². The van der Waals surface area contributed by atoms with E-state index in [0.29, 0.717) is 0 Å². The molecular formula is C10H21NO. The van der Waals surface area contributed by atoms with Gasteiger partial charge in [-0.3, -0.25) is 0 Å². The fourth-order valence-corrected chi connectivity index (χ4v) is 2.07. The largest absolute Gasteiger partial charge is 0.394 e. The summed E-state index contributed by atoms with van der Waals surface area (Å²) in [6.45, 7) is 2.60. The maximum absolute atomic E-state index is 9.29. The lowest BCUT2D eigenvalue weighted by Crippen LogP contribution is -2.45. The summed E-state index contributed by atoms with van der Waals surface area (Å²) < 4.78 is 0. The van der Waals surface area contributed by atoms with E-state index in [1.165, 1.54) is 19.3 Å². The lowest BCUT2D eigenvalue weighted by molar-refractivity contribution is 0.151. The summed E-state index contributed by atoms with van der Waals surface area (Å²) in [6, 6.07) is 0. The Bertz CT molecular complexity index is 132.